The van der Waals surface area contributed by atoms with Gasteiger partial charge in [-0.2, -0.15) is 11.8 Å². The van der Waals surface area contributed by atoms with Crippen molar-refractivity contribution in [2.45, 2.75) is 38.5 Å². The number of rotatable bonds is 7. The van der Waals surface area contributed by atoms with Crippen LogP contribution in [0.25, 0.3) is 0 Å². The molecule has 3 N–H and O–H groups in total. The van der Waals surface area contributed by atoms with Gasteiger partial charge < -0.3 is 15.7 Å². The highest BCUT2D eigenvalue weighted by Gasteiger charge is 2.19. The Labute approximate surface area is 107 Å². The monoisotopic (exact) mass is 262 g/mol. The molecule has 2 amide bonds. The molecule has 0 saturated heterocycles. The summed E-state index contributed by atoms with van der Waals surface area (Å²) in [6.07, 6.45) is 1.93. The Morgan fingerprint density at radius 1 is 1.29 bits per heavy atom. The summed E-state index contributed by atoms with van der Waals surface area (Å²) in [5.74, 6) is -0.809. The lowest BCUT2D eigenvalue weighted by atomic mass is 10.0. The Morgan fingerprint density at radius 3 is 2.29 bits per heavy atom. The molecular formula is C11H22N2O3S. The maximum absolute atomic E-state index is 11.5. The second-order valence-corrected chi connectivity index (χ2v) is 5.63. The average molecular weight is 262 g/mol. The van der Waals surface area contributed by atoms with Gasteiger partial charge in [0.25, 0.3) is 0 Å². The fourth-order valence-corrected chi connectivity index (χ4v) is 1.43. The molecule has 0 saturated carbocycles. The standard InChI is InChI=1S/C11H22N2O3S/c1-7(2)9(5-10(14)15)13-11(16)12-6-8(3)17-4/h7-9H,5-6H2,1-4H3,(H,14,15)(H2,12,13,16). The number of carbonyl (C=O) groups is 2. The van der Waals surface area contributed by atoms with Crippen molar-refractivity contribution in [1.29, 1.82) is 0 Å². The summed E-state index contributed by atoms with van der Waals surface area (Å²) in [5, 5.41) is 14.5. The molecule has 0 heterocycles. The molecule has 5 nitrogen and oxygen atoms in total. The van der Waals surface area contributed by atoms with Crippen LogP contribution in [0.2, 0.25) is 0 Å². The van der Waals surface area contributed by atoms with Crippen molar-refractivity contribution < 1.29 is 14.7 Å². The minimum atomic E-state index is -0.901. The van der Waals surface area contributed by atoms with Crippen molar-refractivity contribution in [2.75, 3.05) is 12.8 Å². The minimum absolute atomic E-state index is 0.0524. The zero-order chi connectivity index (χ0) is 13.4. The van der Waals surface area contributed by atoms with Crippen LogP contribution in [-0.4, -0.2) is 41.2 Å². The van der Waals surface area contributed by atoms with Crippen LogP contribution in [-0.2, 0) is 4.79 Å². The maximum atomic E-state index is 11.5. The van der Waals surface area contributed by atoms with Crippen molar-refractivity contribution in [3.05, 3.63) is 0 Å². The minimum Gasteiger partial charge on any atom is -0.481 e. The highest BCUT2D eigenvalue weighted by Crippen LogP contribution is 2.06. The van der Waals surface area contributed by atoms with E-state index in [-0.39, 0.29) is 24.4 Å². The van der Waals surface area contributed by atoms with Gasteiger partial charge in [-0.05, 0) is 12.2 Å². The molecule has 0 aromatic heterocycles. The summed E-state index contributed by atoms with van der Waals surface area (Å²) < 4.78 is 0. The molecule has 0 rings (SSSR count). The Bertz CT molecular complexity index is 259. The van der Waals surface area contributed by atoms with Crippen molar-refractivity contribution in [1.82, 2.24) is 10.6 Å². The predicted octanol–water partition coefficient (Wildman–Crippen LogP) is 1.54. The van der Waals surface area contributed by atoms with Crippen LogP contribution in [0.15, 0.2) is 0 Å². The van der Waals surface area contributed by atoms with Crippen LogP contribution in [0, 0.1) is 5.92 Å². The van der Waals surface area contributed by atoms with Gasteiger partial charge in [0.2, 0.25) is 0 Å². The molecule has 0 aromatic rings. The quantitative estimate of drug-likeness (QED) is 0.650. The molecule has 100 valence electrons. The molecule has 0 fully saturated rings. The molecule has 0 spiro atoms. The summed E-state index contributed by atoms with van der Waals surface area (Å²) in [6, 6.07) is -0.636. The normalized spacial score (nSPS) is 14.2. The van der Waals surface area contributed by atoms with Gasteiger partial charge in [0.05, 0.1) is 6.42 Å². The number of carboxylic acids is 1. The van der Waals surface area contributed by atoms with E-state index < -0.39 is 5.97 Å². The number of carbonyl (C=O) groups excluding carboxylic acids is 1. The van der Waals surface area contributed by atoms with Gasteiger partial charge >= 0.3 is 12.0 Å². The first-order valence-corrected chi connectivity index (χ1v) is 6.94. The van der Waals surface area contributed by atoms with Crippen LogP contribution >= 0.6 is 11.8 Å². The van der Waals surface area contributed by atoms with Gasteiger partial charge in [-0.1, -0.05) is 20.8 Å². The Hall–Kier alpha value is -0.910. The van der Waals surface area contributed by atoms with E-state index >= 15 is 0 Å². The molecule has 2 unspecified atom stereocenters. The molecule has 0 radical (unpaired) electrons. The zero-order valence-electron chi connectivity index (χ0n) is 10.8. The van der Waals surface area contributed by atoms with E-state index in [0.717, 1.165) is 0 Å². The Kier molecular flexibility index (Phi) is 7.78. The number of hydrogen-bond acceptors (Lipinski definition) is 3. The van der Waals surface area contributed by atoms with E-state index in [1.165, 1.54) is 0 Å². The van der Waals surface area contributed by atoms with Gasteiger partial charge in [0, 0.05) is 17.8 Å². The highest BCUT2D eigenvalue weighted by atomic mass is 32.2. The first-order chi connectivity index (χ1) is 7.86. The molecule has 0 aliphatic heterocycles. The lowest BCUT2D eigenvalue weighted by Crippen LogP contribution is -2.46. The van der Waals surface area contributed by atoms with Gasteiger partial charge in [-0.3, -0.25) is 4.79 Å². The fourth-order valence-electron chi connectivity index (χ4n) is 1.18. The third kappa shape index (κ3) is 7.90. The van der Waals surface area contributed by atoms with Gasteiger partial charge in [0.1, 0.15) is 0 Å². The zero-order valence-corrected chi connectivity index (χ0v) is 11.6. The summed E-state index contributed by atoms with van der Waals surface area (Å²) in [4.78, 5) is 22.2. The van der Waals surface area contributed by atoms with Crippen LogP contribution < -0.4 is 10.6 Å². The van der Waals surface area contributed by atoms with Gasteiger partial charge in [0.15, 0.2) is 0 Å². The van der Waals surface area contributed by atoms with E-state index in [0.29, 0.717) is 11.8 Å². The van der Waals surface area contributed by atoms with Crippen LogP contribution in [0.5, 0.6) is 0 Å². The van der Waals surface area contributed by atoms with E-state index in [1.54, 1.807) is 11.8 Å². The van der Waals surface area contributed by atoms with Crippen molar-refractivity contribution in [2.24, 2.45) is 5.92 Å². The average Bonchev–Trinajstić information content (AvgIpc) is 2.24. The van der Waals surface area contributed by atoms with Crippen LogP contribution in [0.3, 0.4) is 0 Å². The molecule has 0 aliphatic carbocycles. The van der Waals surface area contributed by atoms with Crippen molar-refractivity contribution in [3.63, 3.8) is 0 Å². The summed E-state index contributed by atoms with van der Waals surface area (Å²) in [5.41, 5.74) is 0. The molecule has 0 aromatic carbocycles. The number of aliphatic carboxylic acids is 1. The number of thioether (sulfide) groups is 1. The Balaban J connectivity index is 4.08. The molecule has 2 atom stereocenters. The molecule has 0 bridgehead atoms. The van der Waals surface area contributed by atoms with Gasteiger partial charge in [-0.15, -0.1) is 0 Å². The third-order valence-electron chi connectivity index (χ3n) is 2.47. The van der Waals surface area contributed by atoms with Crippen molar-refractivity contribution >= 4 is 23.8 Å². The second kappa shape index (κ2) is 8.22. The fraction of sp³-hybridized carbons (Fsp3) is 0.818. The Morgan fingerprint density at radius 2 is 1.88 bits per heavy atom. The molecule has 6 heteroatoms. The lowest BCUT2D eigenvalue weighted by molar-refractivity contribution is -0.137. The summed E-state index contributed by atoms with van der Waals surface area (Å²) in [6.45, 7) is 6.36. The topological polar surface area (TPSA) is 78.4 Å². The second-order valence-electron chi connectivity index (χ2n) is 4.35. The summed E-state index contributed by atoms with van der Waals surface area (Å²) in [7, 11) is 0. The number of hydrogen-bond donors (Lipinski definition) is 3. The number of urea groups is 1. The first-order valence-electron chi connectivity index (χ1n) is 5.65. The number of nitrogens with one attached hydrogen (secondary N) is 2. The van der Waals surface area contributed by atoms with E-state index in [9.17, 15) is 9.59 Å². The van der Waals surface area contributed by atoms with E-state index in [4.69, 9.17) is 5.11 Å². The lowest BCUT2D eigenvalue weighted by Gasteiger charge is -2.21. The first kappa shape index (κ1) is 16.1. The van der Waals surface area contributed by atoms with Crippen LogP contribution in [0.4, 0.5) is 4.79 Å². The summed E-state index contributed by atoms with van der Waals surface area (Å²) >= 11 is 1.67. The maximum Gasteiger partial charge on any atom is 0.315 e. The predicted molar refractivity (Wildman–Crippen MR) is 70.4 cm³/mol. The van der Waals surface area contributed by atoms with Crippen molar-refractivity contribution in [3.8, 4) is 0 Å². The van der Waals surface area contributed by atoms with Crippen LogP contribution in [0.1, 0.15) is 27.2 Å². The number of carboxylic acid groups (broad SMARTS) is 1. The highest BCUT2D eigenvalue weighted by molar-refractivity contribution is 7.99. The van der Waals surface area contributed by atoms with Gasteiger partial charge in [-0.25, -0.2) is 4.79 Å². The smallest absolute Gasteiger partial charge is 0.315 e. The third-order valence-corrected chi connectivity index (χ3v) is 3.44. The van der Waals surface area contributed by atoms with E-state index in [1.807, 2.05) is 27.0 Å². The molecule has 17 heavy (non-hydrogen) atoms. The molecule has 0 aliphatic rings. The SMILES string of the molecule is CSC(C)CNC(=O)NC(CC(=O)O)C(C)C. The molecular weight excluding hydrogens is 240 g/mol. The largest absolute Gasteiger partial charge is 0.481 e. The number of amides is 2. The van der Waals surface area contributed by atoms with E-state index in [2.05, 4.69) is 10.6 Å².